The van der Waals surface area contributed by atoms with E-state index in [1.165, 1.54) is 19.4 Å². The van der Waals surface area contributed by atoms with Crippen molar-refractivity contribution in [2.24, 2.45) is 5.10 Å². The third-order valence-corrected chi connectivity index (χ3v) is 5.17. The molecule has 1 atom stereocenters. The second-order valence-electron chi connectivity index (χ2n) is 6.28. The van der Waals surface area contributed by atoms with E-state index in [-0.39, 0.29) is 11.7 Å². The molecule has 3 aromatic rings. The van der Waals surface area contributed by atoms with Crippen LogP contribution in [0.3, 0.4) is 0 Å². The molecule has 0 heterocycles. The third-order valence-electron chi connectivity index (χ3n) is 4.35. The van der Waals surface area contributed by atoms with Crippen molar-refractivity contribution in [3.63, 3.8) is 0 Å². The Morgan fingerprint density at radius 1 is 1.21 bits per heavy atom. The SMILES string of the molecule is CC[C@H](Oc1ccc2ccccc2c1Br)C(=O)N/N=C\c1ccc(O)c(OC)c1. The van der Waals surface area contributed by atoms with Crippen LogP contribution in [-0.2, 0) is 4.79 Å². The van der Waals surface area contributed by atoms with Crippen LogP contribution < -0.4 is 14.9 Å². The zero-order valence-electron chi connectivity index (χ0n) is 16.1. The summed E-state index contributed by atoms with van der Waals surface area (Å²) in [6.07, 6.45) is 1.26. The number of phenolic OH excluding ortho intramolecular Hbond substituents is 1. The van der Waals surface area contributed by atoms with Crippen molar-refractivity contribution in [3.8, 4) is 17.2 Å². The fraction of sp³-hybridized carbons (Fsp3) is 0.182. The fourth-order valence-corrected chi connectivity index (χ4v) is 3.38. The van der Waals surface area contributed by atoms with Crippen molar-refractivity contribution >= 4 is 38.8 Å². The Bertz CT molecular complexity index is 1050. The van der Waals surface area contributed by atoms with Crippen LogP contribution in [0.15, 0.2) is 64.2 Å². The highest BCUT2D eigenvalue weighted by Crippen LogP contribution is 2.33. The Hall–Kier alpha value is -3.06. The molecule has 0 unspecified atom stereocenters. The first-order chi connectivity index (χ1) is 14.0. The first-order valence-electron chi connectivity index (χ1n) is 9.07. The molecule has 0 radical (unpaired) electrons. The largest absolute Gasteiger partial charge is 0.504 e. The first-order valence-corrected chi connectivity index (χ1v) is 9.86. The molecule has 2 N–H and O–H groups in total. The standard InChI is InChI=1S/C22H21BrN2O4/c1-3-18(29-19-11-9-15-6-4-5-7-16(15)21(19)23)22(27)25-24-13-14-8-10-17(26)20(12-14)28-2/h4-13,18,26H,3H2,1-2H3,(H,25,27)/b24-13-/t18-/m0/s1. The topological polar surface area (TPSA) is 80.2 Å². The van der Waals surface area contributed by atoms with Crippen LogP contribution >= 0.6 is 15.9 Å². The zero-order chi connectivity index (χ0) is 20.8. The van der Waals surface area contributed by atoms with Gasteiger partial charge in [0.1, 0.15) is 5.75 Å². The minimum atomic E-state index is -0.695. The summed E-state index contributed by atoms with van der Waals surface area (Å²) in [5, 5.41) is 15.7. The molecular formula is C22H21BrN2O4. The number of hydrogen-bond donors (Lipinski definition) is 2. The molecule has 29 heavy (non-hydrogen) atoms. The smallest absolute Gasteiger partial charge is 0.281 e. The molecule has 6 nitrogen and oxygen atoms in total. The summed E-state index contributed by atoms with van der Waals surface area (Å²) in [7, 11) is 1.46. The molecular weight excluding hydrogens is 436 g/mol. The number of aromatic hydroxyl groups is 1. The lowest BCUT2D eigenvalue weighted by Crippen LogP contribution is -2.35. The van der Waals surface area contributed by atoms with Gasteiger partial charge < -0.3 is 14.6 Å². The predicted octanol–water partition coefficient (Wildman–Crippen LogP) is 4.62. The van der Waals surface area contributed by atoms with Gasteiger partial charge >= 0.3 is 0 Å². The molecule has 0 aliphatic carbocycles. The highest BCUT2D eigenvalue weighted by atomic mass is 79.9. The minimum Gasteiger partial charge on any atom is -0.504 e. The first kappa shape index (κ1) is 20.7. The normalized spacial score (nSPS) is 12.1. The van der Waals surface area contributed by atoms with Crippen molar-refractivity contribution in [2.45, 2.75) is 19.4 Å². The number of hydrogen-bond acceptors (Lipinski definition) is 5. The van der Waals surface area contributed by atoms with Crippen LogP contribution in [0, 0.1) is 0 Å². The summed E-state index contributed by atoms with van der Waals surface area (Å²) in [5.41, 5.74) is 3.17. The van der Waals surface area contributed by atoms with Gasteiger partial charge in [0.15, 0.2) is 17.6 Å². The summed E-state index contributed by atoms with van der Waals surface area (Å²) in [6.45, 7) is 1.87. The maximum absolute atomic E-state index is 12.5. The van der Waals surface area contributed by atoms with Crippen LogP contribution in [0.1, 0.15) is 18.9 Å². The molecule has 0 fully saturated rings. The molecule has 3 rings (SSSR count). The fourth-order valence-electron chi connectivity index (χ4n) is 2.80. The number of hydrazone groups is 1. The number of rotatable bonds is 7. The molecule has 0 bridgehead atoms. The molecule has 150 valence electrons. The quantitative estimate of drug-likeness (QED) is 0.401. The predicted molar refractivity (Wildman–Crippen MR) is 117 cm³/mol. The maximum atomic E-state index is 12.5. The van der Waals surface area contributed by atoms with Gasteiger partial charge in [0.2, 0.25) is 0 Å². The van der Waals surface area contributed by atoms with Crippen LogP contribution in [0.5, 0.6) is 17.2 Å². The number of amides is 1. The summed E-state index contributed by atoms with van der Waals surface area (Å²) >= 11 is 3.57. The van der Waals surface area contributed by atoms with E-state index in [0.717, 1.165) is 15.2 Å². The summed E-state index contributed by atoms with van der Waals surface area (Å²) in [5.74, 6) is 0.609. The number of fused-ring (bicyclic) bond motifs is 1. The Balaban J connectivity index is 1.69. The Morgan fingerprint density at radius 3 is 2.76 bits per heavy atom. The van der Waals surface area contributed by atoms with Gasteiger partial charge in [-0.1, -0.05) is 37.3 Å². The molecule has 3 aromatic carbocycles. The van der Waals surface area contributed by atoms with E-state index in [4.69, 9.17) is 9.47 Å². The minimum absolute atomic E-state index is 0.0362. The highest BCUT2D eigenvalue weighted by Gasteiger charge is 2.19. The van der Waals surface area contributed by atoms with E-state index in [2.05, 4.69) is 26.5 Å². The van der Waals surface area contributed by atoms with E-state index in [9.17, 15) is 9.90 Å². The number of nitrogens with one attached hydrogen (secondary N) is 1. The number of halogens is 1. The van der Waals surface area contributed by atoms with Gasteiger partial charge in [-0.15, -0.1) is 0 Å². The van der Waals surface area contributed by atoms with Gasteiger partial charge in [0.05, 0.1) is 17.8 Å². The number of carbonyl (C=O) groups excluding carboxylic acids is 1. The number of phenols is 1. The molecule has 0 aliphatic heterocycles. The number of carbonyl (C=O) groups is 1. The van der Waals surface area contributed by atoms with Crippen LogP contribution in [0.4, 0.5) is 0 Å². The average molecular weight is 457 g/mol. The second-order valence-corrected chi connectivity index (χ2v) is 7.07. The summed E-state index contributed by atoms with van der Waals surface area (Å²) < 4.78 is 11.8. The van der Waals surface area contributed by atoms with Gasteiger partial charge in [0, 0.05) is 0 Å². The van der Waals surface area contributed by atoms with Crippen LogP contribution in [0.2, 0.25) is 0 Å². The maximum Gasteiger partial charge on any atom is 0.281 e. The van der Waals surface area contributed by atoms with Gasteiger partial charge in [-0.3, -0.25) is 4.79 Å². The molecule has 0 aromatic heterocycles. The number of benzene rings is 3. The van der Waals surface area contributed by atoms with Crippen molar-refractivity contribution in [1.82, 2.24) is 5.43 Å². The van der Waals surface area contributed by atoms with E-state index < -0.39 is 6.10 Å². The van der Waals surface area contributed by atoms with Gasteiger partial charge in [-0.25, -0.2) is 5.43 Å². The molecule has 0 spiro atoms. The number of methoxy groups -OCH3 is 1. The Morgan fingerprint density at radius 2 is 2.00 bits per heavy atom. The van der Waals surface area contributed by atoms with Gasteiger partial charge in [-0.05, 0) is 63.0 Å². The molecule has 0 aliphatic rings. The zero-order valence-corrected chi connectivity index (χ0v) is 17.6. The lowest BCUT2D eigenvalue weighted by atomic mass is 10.1. The monoisotopic (exact) mass is 456 g/mol. The number of ether oxygens (including phenoxy) is 2. The lowest BCUT2D eigenvalue weighted by molar-refractivity contribution is -0.128. The number of nitrogens with zero attached hydrogens (tertiary/aromatic N) is 1. The summed E-state index contributed by atoms with van der Waals surface area (Å²) in [4.78, 5) is 12.5. The third kappa shape index (κ3) is 4.86. The summed E-state index contributed by atoms with van der Waals surface area (Å²) in [6, 6.07) is 16.5. The second kappa shape index (κ2) is 9.43. The molecule has 0 saturated carbocycles. The Labute approximate surface area is 177 Å². The van der Waals surface area contributed by atoms with Crippen LogP contribution in [0.25, 0.3) is 10.8 Å². The van der Waals surface area contributed by atoms with Crippen molar-refractivity contribution in [2.75, 3.05) is 7.11 Å². The van der Waals surface area contributed by atoms with Crippen molar-refractivity contribution in [3.05, 3.63) is 64.6 Å². The average Bonchev–Trinajstić information content (AvgIpc) is 2.74. The van der Waals surface area contributed by atoms with Crippen molar-refractivity contribution < 1.29 is 19.4 Å². The van der Waals surface area contributed by atoms with E-state index in [0.29, 0.717) is 23.5 Å². The molecule has 0 saturated heterocycles. The van der Waals surface area contributed by atoms with E-state index in [1.54, 1.807) is 12.1 Å². The van der Waals surface area contributed by atoms with E-state index in [1.807, 2.05) is 43.3 Å². The van der Waals surface area contributed by atoms with Crippen molar-refractivity contribution in [1.29, 1.82) is 0 Å². The van der Waals surface area contributed by atoms with Gasteiger partial charge in [-0.2, -0.15) is 5.10 Å². The molecule has 7 heteroatoms. The van der Waals surface area contributed by atoms with Crippen LogP contribution in [-0.4, -0.2) is 30.4 Å². The van der Waals surface area contributed by atoms with E-state index >= 15 is 0 Å². The molecule has 1 amide bonds. The highest BCUT2D eigenvalue weighted by molar-refractivity contribution is 9.10. The lowest BCUT2D eigenvalue weighted by Gasteiger charge is -2.17. The Kier molecular flexibility index (Phi) is 6.72. The van der Waals surface area contributed by atoms with Gasteiger partial charge in [0.25, 0.3) is 5.91 Å².